The van der Waals surface area contributed by atoms with Crippen molar-refractivity contribution >= 4 is 11.6 Å². The number of likely N-dealkylation sites (tertiary alicyclic amines) is 1. The monoisotopic (exact) mass is 489 g/mol. The second kappa shape index (κ2) is 9.44. The van der Waals surface area contributed by atoms with E-state index in [4.69, 9.17) is 24.6 Å². The van der Waals surface area contributed by atoms with Gasteiger partial charge in [-0.15, -0.1) is 5.10 Å². The van der Waals surface area contributed by atoms with Crippen LogP contribution in [0.15, 0.2) is 41.1 Å². The van der Waals surface area contributed by atoms with Crippen LogP contribution in [0.5, 0.6) is 11.5 Å². The summed E-state index contributed by atoms with van der Waals surface area (Å²) in [5, 5.41) is 4.51. The number of piperidine rings is 1. The molecule has 1 aromatic carbocycles. The predicted octanol–water partition coefficient (Wildman–Crippen LogP) is 3.01. The number of rotatable bonds is 6. The molecule has 0 aliphatic carbocycles. The average molecular weight is 490 g/mol. The Balaban J connectivity index is 1.12. The van der Waals surface area contributed by atoms with E-state index in [1.807, 2.05) is 18.3 Å². The summed E-state index contributed by atoms with van der Waals surface area (Å²) in [5.41, 5.74) is 10.5. The maximum Gasteiger partial charge on any atom is 0.223 e. The molecule has 2 aliphatic heterocycles. The molecule has 0 atom stereocenters. The van der Waals surface area contributed by atoms with Crippen LogP contribution in [0.1, 0.15) is 29.5 Å². The van der Waals surface area contributed by atoms with Gasteiger partial charge in [0.15, 0.2) is 22.9 Å². The Morgan fingerprint density at radius 3 is 2.58 bits per heavy atom. The second-order valence-corrected chi connectivity index (χ2v) is 9.49. The van der Waals surface area contributed by atoms with Gasteiger partial charge in [-0.05, 0) is 67.7 Å². The van der Waals surface area contributed by atoms with Crippen LogP contribution in [0.25, 0.3) is 17.2 Å². The molecule has 3 aromatic heterocycles. The molecule has 10 nitrogen and oxygen atoms in total. The molecule has 2 N–H and O–H groups in total. The lowest BCUT2D eigenvalue weighted by Gasteiger charge is -2.40. The third kappa shape index (κ3) is 4.16. The van der Waals surface area contributed by atoms with Crippen molar-refractivity contribution in [3.63, 3.8) is 0 Å². The van der Waals surface area contributed by atoms with Crippen molar-refractivity contribution in [2.75, 3.05) is 39.6 Å². The Hall–Kier alpha value is -3.63. The summed E-state index contributed by atoms with van der Waals surface area (Å²) >= 11 is 0. The minimum absolute atomic E-state index is 0.317. The summed E-state index contributed by atoms with van der Waals surface area (Å²) < 4.78 is 18.1. The van der Waals surface area contributed by atoms with E-state index in [1.165, 1.54) is 11.1 Å². The lowest BCUT2D eigenvalue weighted by atomic mass is 9.94. The highest BCUT2D eigenvalue weighted by Crippen LogP contribution is 2.34. The fourth-order valence-corrected chi connectivity index (χ4v) is 5.46. The first-order valence-electron chi connectivity index (χ1n) is 12.4. The van der Waals surface area contributed by atoms with Crippen molar-refractivity contribution < 1.29 is 13.9 Å². The number of furan rings is 1. The van der Waals surface area contributed by atoms with Crippen molar-refractivity contribution in [3.8, 4) is 23.1 Å². The first-order chi connectivity index (χ1) is 17.6. The van der Waals surface area contributed by atoms with Crippen molar-refractivity contribution in [3.05, 3.63) is 53.4 Å². The Kier molecular flexibility index (Phi) is 5.98. The van der Waals surface area contributed by atoms with E-state index in [-0.39, 0.29) is 0 Å². The highest BCUT2D eigenvalue weighted by molar-refractivity contribution is 5.57. The fraction of sp³-hybridized carbons (Fsp3) is 0.423. The molecule has 10 heteroatoms. The summed E-state index contributed by atoms with van der Waals surface area (Å²) in [6.45, 7) is 4.84. The second-order valence-electron chi connectivity index (χ2n) is 9.49. The number of nitrogens with zero attached hydrogens (tertiary/aromatic N) is 6. The Morgan fingerprint density at radius 2 is 1.86 bits per heavy atom. The summed E-state index contributed by atoms with van der Waals surface area (Å²) in [7, 11) is 3.39. The van der Waals surface area contributed by atoms with Gasteiger partial charge in [0.05, 0.1) is 20.5 Å². The van der Waals surface area contributed by atoms with Gasteiger partial charge in [-0.1, -0.05) is 0 Å². The highest BCUT2D eigenvalue weighted by Gasteiger charge is 2.29. The summed E-state index contributed by atoms with van der Waals surface area (Å²) in [4.78, 5) is 14.2. The molecule has 1 fully saturated rings. The van der Waals surface area contributed by atoms with E-state index in [0.29, 0.717) is 23.6 Å². The van der Waals surface area contributed by atoms with Gasteiger partial charge in [-0.3, -0.25) is 9.80 Å². The normalized spacial score (nSPS) is 17.4. The maximum atomic E-state index is 6.08. The molecule has 0 amide bonds. The minimum Gasteiger partial charge on any atom is -0.493 e. The third-order valence-corrected chi connectivity index (χ3v) is 7.42. The van der Waals surface area contributed by atoms with Crippen molar-refractivity contribution in [1.82, 2.24) is 29.4 Å². The summed E-state index contributed by atoms with van der Waals surface area (Å²) in [6.07, 6.45) is 6.73. The molecule has 0 radical (unpaired) electrons. The lowest BCUT2D eigenvalue weighted by molar-refractivity contribution is 0.0948. The number of nitrogen functional groups attached to an aromatic ring is 1. The Morgan fingerprint density at radius 1 is 1.08 bits per heavy atom. The van der Waals surface area contributed by atoms with E-state index in [9.17, 15) is 0 Å². The molecule has 36 heavy (non-hydrogen) atoms. The van der Waals surface area contributed by atoms with Gasteiger partial charge in [-0.2, -0.15) is 4.52 Å². The molecule has 1 saturated heterocycles. The number of ether oxygens (including phenoxy) is 2. The van der Waals surface area contributed by atoms with Gasteiger partial charge in [0.25, 0.3) is 0 Å². The van der Waals surface area contributed by atoms with Gasteiger partial charge in [0.2, 0.25) is 11.8 Å². The molecule has 5 heterocycles. The number of aromatic nitrogens is 4. The van der Waals surface area contributed by atoms with Crippen LogP contribution >= 0.6 is 0 Å². The molecule has 2 aliphatic rings. The Bertz CT molecular complexity index is 1360. The van der Waals surface area contributed by atoms with Crippen molar-refractivity contribution in [2.45, 2.75) is 38.4 Å². The van der Waals surface area contributed by atoms with Crippen molar-refractivity contribution in [2.24, 2.45) is 0 Å². The molecule has 0 unspecified atom stereocenters. The predicted molar refractivity (Wildman–Crippen MR) is 135 cm³/mol. The van der Waals surface area contributed by atoms with Crippen LogP contribution in [-0.4, -0.2) is 69.3 Å². The number of fused-ring (bicyclic) bond motifs is 2. The van der Waals surface area contributed by atoms with E-state index in [1.54, 1.807) is 25.0 Å². The number of nitrogens with two attached hydrogens (primary N) is 1. The highest BCUT2D eigenvalue weighted by atomic mass is 16.5. The zero-order valence-corrected chi connectivity index (χ0v) is 20.7. The molecular formula is C26H31N7O3. The SMILES string of the molecule is COc1cc2c(cc1OC)CN(C1CCN(Cc3cnc(N)n4nc(-c5ccco5)nc34)CC1)CC2. The van der Waals surface area contributed by atoms with Crippen LogP contribution in [0.2, 0.25) is 0 Å². The molecule has 188 valence electrons. The minimum atomic E-state index is 0.317. The van der Waals surface area contributed by atoms with Crippen LogP contribution < -0.4 is 15.2 Å². The van der Waals surface area contributed by atoms with Gasteiger partial charge >= 0.3 is 0 Å². The van der Waals surface area contributed by atoms with Crippen LogP contribution in [0, 0.1) is 0 Å². The average Bonchev–Trinajstić information content (AvgIpc) is 3.61. The van der Waals surface area contributed by atoms with E-state index in [2.05, 4.69) is 32.0 Å². The standard InChI is InChI=1S/C26H31N7O3/c1-34-22-12-17-5-10-32(16-18(17)13-23(22)35-2)20-6-8-31(9-7-20)15-19-14-28-26(27)33-25(19)29-24(30-33)21-4-3-11-36-21/h3-4,11-14,20H,5-10,15-16H2,1-2H3,(H2,27,28). The maximum absolute atomic E-state index is 6.08. The molecule has 4 aromatic rings. The van der Waals surface area contributed by atoms with E-state index < -0.39 is 0 Å². The number of hydrogen-bond donors (Lipinski definition) is 1. The summed E-state index contributed by atoms with van der Waals surface area (Å²) in [6, 6.07) is 8.52. The number of benzene rings is 1. The Labute approximate surface area is 209 Å². The zero-order chi connectivity index (χ0) is 24.6. The number of methoxy groups -OCH3 is 2. The molecular weight excluding hydrogens is 458 g/mol. The quantitative estimate of drug-likeness (QED) is 0.437. The van der Waals surface area contributed by atoms with Crippen LogP contribution in [0.4, 0.5) is 5.95 Å². The number of hydrogen-bond acceptors (Lipinski definition) is 9. The first kappa shape index (κ1) is 22.8. The largest absolute Gasteiger partial charge is 0.493 e. The van der Waals surface area contributed by atoms with Gasteiger partial charge in [0, 0.05) is 37.4 Å². The molecule has 0 saturated carbocycles. The van der Waals surface area contributed by atoms with Gasteiger partial charge < -0.3 is 19.6 Å². The van der Waals surface area contributed by atoms with Crippen LogP contribution in [0.3, 0.4) is 0 Å². The fourth-order valence-electron chi connectivity index (χ4n) is 5.46. The van der Waals surface area contributed by atoms with Gasteiger partial charge in [-0.25, -0.2) is 9.97 Å². The molecule has 0 spiro atoms. The zero-order valence-electron chi connectivity index (χ0n) is 20.7. The van der Waals surface area contributed by atoms with E-state index >= 15 is 0 Å². The van der Waals surface area contributed by atoms with E-state index in [0.717, 1.165) is 74.7 Å². The van der Waals surface area contributed by atoms with Crippen LogP contribution in [-0.2, 0) is 19.5 Å². The smallest absolute Gasteiger partial charge is 0.223 e. The van der Waals surface area contributed by atoms with Gasteiger partial charge in [0.1, 0.15) is 0 Å². The third-order valence-electron chi connectivity index (χ3n) is 7.42. The summed E-state index contributed by atoms with van der Waals surface area (Å²) in [5.74, 6) is 3.06. The number of anilines is 1. The molecule has 6 rings (SSSR count). The molecule has 0 bridgehead atoms. The van der Waals surface area contributed by atoms with Crippen molar-refractivity contribution in [1.29, 1.82) is 0 Å². The first-order valence-corrected chi connectivity index (χ1v) is 12.4. The lowest BCUT2D eigenvalue weighted by Crippen LogP contribution is -2.46. The topological polar surface area (TPSA) is 107 Å².